The Morgan fingerprint density at radius 3 is 2.38 bits per heavy atom. The molecule has 0 saturated heterocycles. The van der Waals surface area contributed by atoms with Crippen LogP contribution in [0, 0.1) is 0 Å². The van der Waals surface area contributed by atoms with E-state index < -0.39 is 18.2 Å². The van der Waals surface area contributed by atoms with Crippen LogP contribution in [-0.2, 0) is 9.53 Å². The van der Waals surface area contributed by atoms with E-state index in [1.165, 1.54) is 6.92 Å². The van der Waals surface area contributed by atoms with Gasteiger partial charge in [0.2, 0.25) is 0 Å². The van der Waals surface area contributed by atoms with Gasteiger partial charge in [0.1, 0.15) is 6.10 Å². The van der Waals surface area contributed by atoms with E-state index in [0.717, 1.165) is 0 Å². The zero-order valence-electron chi connectivity index (χ0n) is 9.56. The molecule has 5 heteroatoms. The maximum absolute atomic E-state index is 11.3. The van der Waals surface area contributed by atoms with Gasteiger partial charge in [0, 0.05) is 25.2 Å². The SMILES string of the molecule is C=C(C)C(=O)OC(CCCO)C(O)CCO. The van der Waals surface area contributed by atoms with Crippen molar-refractivity contribution in [2.75, 3.05) is 13.2 Å². The quantitative estimate of drug-likeness (QED) is 0.405. The van der Waals surface area contributed by atoms with Crippen molar-refractivity contribution in [3.8, 4) is 0 Å². The highest BCUT2D eigenvalue weighted by Gasteiger charge is 2.22. The maximum atomic E-state index is 11.3. The average Bonchev–Trinajstić information content (AvgIpc) is 2.23. The Hall–Kier alpha value is -0.910. The lowest BCUT2D eigenvalue weighted by Gasteiger charge is -2.22. The molecule has 94 valence electrons. The lowest BCUT2D eigenvalue weighted by molar-refractivity contribution is -0.151. The van der Waals surface area contributed by atoms with E-state index in [0.29, 0.717) is 12.8 Å². The van der Waals surface area contributed by atoms with E-state index in [1.54, 1.807) is 0 Å². The number of hydrogen-bond donors (Lipinski definition) is 3. The minimum absolute atomic E-state index is 0.0348. The van der Waals surface area contributed by atoms with E-state index in [1.807, 2.05) is 0 Å². The molecule has 0 rings (SSSR count). The van der Waals surface area contributed by atoms with Crippen molar-refractivity contribution >= 4 is 5.97 Å². The fourth-order valence-corrected chi connectivity index (χ4v) is 1.18. The topological polar surface area (TPSA) is 87.0 Å². The van der Waals surface area contributed by atoms with Gasteiger partial charge >= 0.3 is 5.97 Å². The zero-order chi connectivity index (χ0) is 12.6. The Morgan fingerprint density at radius 2 is 1.94 bits per heavy atom. The fraction of sp³-hybridized carbons (Fsp3) is 0.727. The van der Waals surface area contributed by atoms with E-state index in [9.17, 15) is 9.90 Å². The predicted molar refractivity (Wildman–Crippen MR) is 58.7 cm³/mol. The van der Waals surface area contributed by atoms with Crippen LogP contribution in [0.4, 0.5) is 0 Å². The van der Waals surface area contributed by atoms with Crippen LogP contribution in [0.3, 0.4) is 0 Å². The molecule has 0 fully saturated rings. The molecule has 3 N–H and O–H groups in total. The lowest BCUT2D eigenvalue weighted by Crippen LogP contribution is -2.32. The Balaban J connectivity index is 4.29. The number of rotatable bonds is 8. The highest BCUT2D eigenvalue weighted by Crippen LogP contribution is 2.12. The Kier molecular flexibility index (Phi) is 7.80. The molecule has 0 aliphatic carbocycles. The van der Waals surface area contributed by atoms with Crippen LogP contribution in [0.25, 0.3) is 0 Å². The number of aliphatic hydroxyl groups excluding tert-OH is 3. The van der Waals surface area contributed by atoms with Crippen molar-refractivity contribution in [1.29, 1.82) is 0 Å². The molecule has 0 radical (unpaired) electrons. The van der Waals surface area contributed by atoms with Gasteiger partial charge in [-0.25, -0.2) is 4.79 Å². The first-order valence-corrected chi connectivity index (χ1v) is 5.29. The van der Waals surface area contributed by atoms with E-state index >= 15 is 0 Å². The van der Waals surface area contributed by atoms with E-state index in [2.05, 4.69) is 6.58 Å². The first kappa shape index (κ1) is 15.1. The Bertz CT molecular complexity index is 226. The van der Waals surface area contributed by atoms with Gasteiger partial charge in [0.15, 0.2) is 0 Å². The minimum atomic E-state index is -0.917. The van der Waals surface area contributed by atoms with Gasteiger partial charge in [-0.3, -0.25) is 0 Å². The van der Waals surface area contributed by atoms with Crippen LogP contribution in [0.1, 0.15) is 26.2 Å². The molecular weight excluding hydrogens is 212 g/mol. The molecule has 0 aliphatic rings. The highest BCUT2D eigenvalue weighted by molar-refractivity contribution is 5.87. The summed E-state index contributed by atoms with van der Waals surface area (Å²) in [4.78, 5) is 11.3. The molecule has 0 aromatic rings. The van der Waals surface area contributed by atoms with Crippen molar-refractivity contribution in [2.45, 2.75) is 38.4 Å². The first-order valence-electron chi connectivity index (χ1n) is 5.29. The molecule has 2 atom stereocenters. The normalized spacial score (nSPS) is 14.2. The monoisotopic (exact) mass is 232 g/mol. The third-order valence-electron chi connectivity index (χ3n) is 2.11. The molecule has 16 heavy (non-hydrogen) atoms. The number of carbonyl (C=O) groups is 1. The molecule has 0 aromatic carbocycles. The maximum Gasteiger partial charge on any atom is 0.333 e. The van der Waals surface area contributed by atoms with Gasteiger partial charge in [0.05, 0.1) is 6.10 Å². The molecule has 0 amide bonds. The second-order valence-corrected chi connectivity index (χ2v) is 3.67. The number of aliphatic hydroxyl groups is 3. The van der Waals surface area contributed by atoms with Crippen molar-refractivity contribution in [3.05, 3.63) is 12.2 Å². The third kappa shape index (κ3) is 5.85. The summed E-state index contributed by atoms with van der Waals surface area (Å²) < 4.78 is 5.02. The molecule has 2 unspecified atom stereocenters. The van der Waals surface area contributed by atoms with Crippen molar-refractivity contribution in [1.82, 2.24) is 0 Å². The number of esters is 1. The Morgan fingerprint density at radius 1 is 1.31 bits per heavy atom. The lowest BCUT2D eigenvalue weighted by atomic mass is 10.1. The molecule has 0 aromatic heterocycles. The molecule has 0 heterocycles. The summed E-state index contributed by atoms with van der Waals surface area (Å²) in [5.41, 5.74) is 0.255. The molecule has 0 spiro atoms. The van der Waals surface area contributed by atoms with Gasteiger partial charge in [-0.1, -0.05) is 6.58 Å². The van der Waals surface area contributed by atoms with Crippen LogP contribution in [0.15, 0.2) is 12.2 Å². The van der Waals surface area contributed by atoms with Gasteiger partial charge < -0.3 is 20.1 Å². The van der Waals surface area contributed by atoms with Crippen LogP contribution in [-0.4, -0.2) is 46.7 Å². The van der Waals surface area contributed by atoms with Gasteiger partial charge in [-0.05, 0) is 19.8 Å². The predicted octanol–water partition coefficient (Wildman–Crippen LogP) is -0.00990. The van der Waals surface area contributed by atoms with E-state index in [-0.39, 0.29) is 25.2 Å². The zero-order valence-corrected chi connectivity index (χ0v) is 9.56. The van der Waals surface area contributed by atoms with Crippen LogP contribution >= 0.6 is 0 Å². The third-order valence-corrected chi connectivity index (χ3v) is 2.11. The summed E-state index contributed by atoms with van der Waals surface area (Å²) in [7, 11) is 0. The summed E-state index contributed by atoms with van der Waals surface area (Å²) in [6.07, 6.45) is -0.698. The summed E-state index contributed by atoms with van der Waals surface area (Å²) in [5.74, 6) is -0.570. The summed E-state index contributed by atoms with van der Waals surface area (Å²) >= 11 is 0. The first-order chi connectivity index (χ1) is 7.52. The average molecular weight is 232 g/mol. The molecular formula is C11H20O5. The largest absolute Gasteiger partial charge is 0.456 e. The smallest absolute Gasteiger partial charge is 0.333 e. The highest BCUT2D eigenvalue weighted by atomic mass is 16.6. The summed E-state index contributed by atoms with van der Waals surface area (Å²) in [6.45, 7) is 4.74. The van der Waals surface area contributed by atoms with Crippen molar-refractivity contribution < 1.29 is 24.9 Å². The molecule has 5 nitrogen and oxygen atoms in total. The number of hydrogen-bond acceptors (Lipinski definition) is 5. The van der Waals surface area contributed by atoms with Gasteiger partial charge in [0.25, 0.3) is 0 Å². The van der Waals surface area contributed by atoms with Gasteiger partial charge in [-0.15, -0.1) is 0 Å². The van der Waals surface area contributed by atoms with E-state index in [4.69, 9.17) is 14.9 Å². The van der Waals surface area contributed by atoms with Crippen molar-refractivity contribution in [3.63, 3.8) is 0 Å². The van der Waals surface area contributed by atoms with Gasteiger partial charge in [-0.2, -0.15) is 0 Å². The standard InChI is InChI=1S/C11H20O5/c1-8(2)11(15)16-10(4-3-6-12)9(14)5-7-13/h9-10,12-14H,1,3-7H2,2H3. The number of carbonyl (C=O) groups excluding carboxylic acids is 1. The van der Waals surface area contributed by atoms with Crippen molar-refractivity contribution in [2.24, 2.45) is 0 Å². The van der Waals surface area contributed by atoms with Crippen LogP contribution in [0.5, 0.6) is 0 Å². The molecule has 0 aliphatic heterocycles. The second kappa shape index (κ2) is 8.27. The fourth-order valence-electron chi connectivity index (χ4n) is 1.18. The summed E-state index contributed by atoms with van der Waals surface area (Å²) in [5, 5.41) is 27.0. The number of ether oxygens (including phenoxy) is 1. The minimum Gasteiger partial charge on any atom is -0.456 e. The second-order valence-electron chi connectivity index (χ2n) is 3.67. The van der Waals surface area contributed by atoms with Crippen LogP contribution in [0.2, 0.25) is 0 Å². The van der Waals surface area contributed by atoms with Crippen LogP contribution < -0.4 is 0 Å². The molecule has 0 saturated carbocycles. The Labute approximate surface area is 95.4 Å². The summed E-state index contributed by atoms with van der Waals surface area (Å²) in [6, 6.07) is 0. The molecule has 0 bridgehead atoms.